The average Bonchev–Trinajstić information content (AvgIpc) is 3.41. The predicted molar refractivity (Wildman–Crippen MR) is 316 cm³/mol. The molecule has 0 saturated heterocycles. The molecule has 0 aromatic rings. The van der Waals surface area contributed by atoms with E-state index in [0.29, 0.717) is 19.3 Å². The lowest BCUT2D eigenvalue weighted by molar-refractivity contribution is -0.160. The van der Waals surface area contributed by atoms with Crippen LogP contribution in [-0.2, 0) is 42.2 Å². The maximum Gasteiger partial charge on any atom is 0.472 e. The van der Waals surface area contributed by atoms with Gasteiger partial charge < -0.3 is 24.2 Å². The van der Waals surface area contributed by atoms with Crippen LogP contribution in [-0.4, -0.2) is 66.5 Å². The number of allylic oxidation sites excluding steroid dienone is 22. The first-order chi connectivity index (χ1) is 37.2. The van der Waals surface area contributed by atoms with Crippen molar-refractivity contribution in [1.29, 1.82) is 0 Å². The molecule has 428 valence electrons. The SMILES string of the molecule is CC/C=C\C/C=C\C/C=C\C/C=C\C/C=C\CC(=O)OC(CO)COP(=O)(O)OCC(COC(=O)CCCCCCCCCCC/C=C\C/C=C\CCCCC)OC(=O)C/C=C\C/C=C\C/C=C\C/C=C\C/C=C\CC. The molecule has 3 unspecified atom stereocenters. The summed E-state index contributed by atoms with van der Waals surface area (Å²) in [5.74, 6) is -1.78. The quantitative estimate of drug-likeness (QED) is 0.0197. The Morgan fingerprint density at radius 3 is 1.12 bits per heavy atom. The molecule has 0 spiro atoms. The second-order valence-electron chi connectivity index (χ2n) is 18.4. The van der Waals surface area contributed by atoms with E-state index >= 15 is 0 Å². The van der Waals surface area contributed by atoms with Crippen LogP contribution >= 0.6 is 7.82 Å². The normalized spacial score (nSPS) is 14.4. The van der Waals surface area contributed by atoms with Gasteiger partial charge in [-0.25, -0.2) is 4.57 Å². The molecule has 0 heterocycles. The fourth-order valence-electron chi connectivity index (χ4n) is 7.01. The Morgan fingerprint density at radius 1 is 0.395 bits per heavy atom. The van der Waals surface area contributed by atoms with E-state index in [1.54, 1.807) is 12.2 Å². The van der Waals surface area contributed by atoms with Crippen molar-refractivity contribution in [3.8, 4) is 0 Å². The molecule has 0 fully saturated rings. The zero-order valence-corrected chi connectivity index (χ0v) is 48.0. The Morgan fingerprint density at radius 2 is 0.724 bits per heavy atom. The number of rotatable bonds is 51. The summed E-state index contributed by atoms with van der Waals surface area (Å²) in [6, 6.07) is 0. The Labute approximate surface area is 461 Å². The van der Waals surface area contributed by atoms with Crippen LogP contribution < -0.4 is 0 Å². The molecule has 76 heavy (non-hydrogen) atoms. The molecule has 0 aromatic heterocycles. The smallest absolute Gasteiger partial charge is 0.462 e. The number of ether oxygens (including phenoxy) is 3. The molecule has 11 nitrogen and oxygen atoms in total. The van der Waals surface area contributed by atoms with Crippen molar-refractivity contribution in [3.63, 3.8) is 0 Å². The molecule has 0 bridgehead atoms. The summed E-state index contributed by atoms with van der Waals surface area (Å²) in [5.41, 5.74) is 0. The number of hydrogen-bond donors (Lipinski definition) is 2. The van der Waals surface area contributed by atoms with Crippen LogP contribution in [0.3, 0.4) is 0 Å². The van der Waals surface area contributed by atoms with E-state index in [4.69, 9.17) is 23.3 Å². The van der Waals surface area contributed by atoms with Gasteiger partial charge in [0.05, 0.1) is 32.7 Å². The summed E-state index contributed by atoms with van der Waals surface area (Å²) in [6.45, 7) is 4.14. The van der Waals surface area contributed by atoms with E-state index in [1.807, 2.05) is 36.5 Å². The molecular formula is C64H101O11P. The Bertz CT molecular complexity index is 1830. The zero-order chi connectivity index (χ0) is 55.5. The maximum atomic E-state index is 12.9. The minimum atomic E-state index is -4.81. The summed E-state index contributed by atoms with van der Waals surface area (Å²) in [6.07, 6.45) is 73.0. The highest BCUT2D eigenvalue weighted by atomic mass is 31.2. The van der Waals surface area contributed by atoms with Gasteiger partial charge in [0.2, 0.25) is 0 Å². The summed E-state index contributed by atoms with van der Waals surface area (Å²) >= 11 is 0. The van der Waals surface area contributed by atoms with E-state index in [-0.39, 0.29) is 19.3 Å². The summed E-state index contributed by atoms with van der Waals surface area (Å²) in [7, 11) is -4.81. The number of hydrogen-bond acceptors (Lipinski definition) is 10. The second-order valence-corrected chi connectivity index (χ2v) is 19.8. The summed E-state index contributed by atoms with van der Waals surface area (Å²) < 4.78 is 39.2. The van der Waals surface area contributed by atoms with Gasteiger partial charge in [0.15, 0.2) is 6.10 Å². The average molecular weight is 1080 g/mol. The van der Waals surface area contributed by atoms with Crippen molar-refractivity contribution in [2.45, 2.75) is 213 Å². The molecular weight excluding hydrogens is 976 g/mol. The predicted octanol–water partition coefficient (Wildman–Crippen LogP) is 17.1. The van der Waals surface area contributed by atoms with Gasteiger partial charge in [0, 0.05) is 6.42 Å². The number of phosphoric ester groups is 1. The fourth-order valence-corrected chi connectivity index (χ4v) is 7.79. The molecule has 0 aliphatic rings. The topological polar surface area (TPSA) is 155 Å². The van der Waals surface area contributed by atoms with Gasteiger partial charge in [-0.1, -0.05) is 224 Å². The number of aliphatic hydroxyl groups is 1. The molecule has 0 saturated carbocycles. The highest BCUT2D eigenvalue weighted by Crippen LogP contribution is 2.43. The van der Waals surface area contributed by atoms with Gasteiger partial charge >= 0.3 is 25.7 Å². The molecule has 0 amide bonds. The van der Waals surface area contributed by atoms with Crippen LogP contribution in [0, 0.1) is 0 Å². The first kappa shape index (κ1) is 71.4. The standard InChI is InChI=1S/C64H101O11P/c1-4-7-10-13-16-19-22-25-28-29-30-31-34-35-38-41-44-47-50-53-62(66)71-57-61(75-64(68)55-52-49-46-43-40-37-33-27-24-21-18-15-12-9-6-3)59-73-76(69,70)72-58-60(56-65)74-63(67)54-51-48-45-42-39-36-32-26-23-20-17-14-11-8-5-2/h8-9,11-12,16-21,25-28,32-33,39-40,42-43,48-49,51-52,60-61,65H,4-7,10,13-15,22-24,29-31,34-38,41,44-47,50,53-59H2,1-3H3,(H,69,70)/b11-8-,12-9-,19-16-,20-17-,21-18-,28-25-,32-26-,33-27-,42-39-,43-40-,51-48-,52-49-. The Balaban J connectivity index is 4.91. The van der Waals surface area contributed by atoms with Crippen LogP contribution in [0.1, 0.15) is 201 Å². The van der Waals surface area contributed by atoms with Crippen molar-refractivity contribution in [3.05, 3.63) is 146 Å². The minimum absolute atomic E-state index is 0.0700. The number of unbranched alkanes of at least 4 members (excludes halogenated alkanes) is 12. The van der Waals surface area contributed by atoms with Crippen LogP contribution in [0.15, 0.2) is 146 Å². The monoisotopic (exact) mass is 1080 g/mol. The van der Waals surface area contributed by atoms with Gasteiger partial charge in [-0.15, -0.1) is 0 Å². The van der Waals surface area contributed by atoms with Gasteiger partial charge in [0.1, 0.15) is 12.7 Å². The van der Waals surface area contributed by atoms with Gasteiger partial charge in [-0.3, -0.25) is 23.4 Å². The molecule has 0 aliphatic heterocycles. The third-order valence-corrected chi connectivity index (χ3v) is 12.2. The highest BCUT2D eigenvalue weighted by molar-refractivity contribution is 7.47. The van der Waals surface area contributed by atoms with E-state index in [2.05, 4.69) is 118 Å². The molecule has 12 heteroatoms. The van der Waals surface area contributed by atoms with Gasteiger partial charge in [0.25, 0.3) is 0 Å². The third-order valence-electron chi connectivity index (χ3n) is 11.3. The molecule has 3 atom stereocenters. The lowest BCUT2D eigenvalue weighted by Crippen LogP contribution is -2.30. The third kappa shape index (κ3) is 54.2. The van der Waals surface area contributed by atoms with E-state index < -0.39 is 64.4 Å². The van der Waals surface area contributed by atoms with Crippen LogP contribution in [0.2, 0.25) is 0 Å². The molecule has 0 rings (SSSR count). The maximum absolute atomic E-state index is 12.9. The first-order valence-corrected chi connectivity index (χ1v) is 30.2. The summed E-state index contributed by atoms with van der Waals surface area (Å²) in [4.78, 5) is 48.4. The number of esters is 3. The second kappa shape index (κ2) is 56.6. The fraction of sp³-hybridized carbons (Fsp3) is 0.578. The zero-order valence-electron chi connectivity index (χ0n) is 47.2. The minimum Gasteiger partial charge on any atom is -0.462 e. The number of carbonyl (C=O) groups excluding carboxylic acids is 3. The number of carbonyl (C=O) groups is 3. The van der Waals surface area contributed by atoms with Crippen molar-refractivity contribution >= 4 is 25.7 Å². The number of aliphatic hydroxyl groups excluding tert-OH is 1. The van der Waals surface area contributed by atoms with Crippen molar-refractivity contribution in [2.75, 3.05) is 26.4 Å². The van der Waals surface area contributed by atoms with Crippen LogP contribution in [0.25, 0.3) is 0 Å². The lowest BCUT2D eigenvalue weighted by Gasteiger charge is -2.21. The van der Waals surface area contributed by atoms with Crippen molar-refractivity contribution in [1.82, 2.24) is 0 Å². The summed E-state index contributed by atoms with van der Waals surface area (Å²) in [5, 5.41) is 9.79. The van der Waals surface area contributed by atoms with Crippen molar-refractivity contribution in [2.24, 2.45) is 0 Å². The molecule has 0 radical (unpaired) electrons. The van der Waals surface area contributed by atoms with Crippen LogP contribution in [0.4, 0.5) is 0 Å². The van der Waals surface area contributed by atoms with Crippen LogP contribution in [0.5, 0.6) is 0 Å². The largest absolute Gasteiger partial charge is 0.472 e. The molecule has 0 aliphatic carbocycles. The highest BCUT2D eigenvalue weighted by Gasteiger charge is 2.28. The van der Waals surface area contributed by atoms with E-state index in [1.165, 1.54) is 57.8 Å². The molecule has 0 aromatic carbocycles. The lowest BCUT2D eigenvalue weighted by atomic mass is 10.1. The Kier molecular flexibility index (Phi) is 53.1. The Hall–Kier alpha value is -4.64. The van der Waals surface area contributed by atoms with Crippen molar-refractivity contribution < 1.29 is 52.2 Å². The number of phosphoric acid groups is 1. The van der Waals surface area contributed by atoms with E-state index in [9.17, 15) is 28.9 Å². The van der Waals surface area contributed by atoms with Gasteiger partial charge in [-0.2, -0.15) is 0 Å². The van der Waals surface area contributed by atoms with E-state index in [0.717, 1.165) is 83.5 Å². The van der Waals surface area contributed by atoms with Gasteiger partial charge in [-0.05, 0) is 103 Å². The first-order valence-electron chi connectivity index (χ1n) is 28.7. The molecule has 2 N–H and O–H groups in total.